The van der Waals surface area contributed by atoms with E-state index < -0.39 is 10.0 Å². The van der Waals surface area contributed by atoms with Crippen molar-refractivity contribution >= 4 is 10.0 Å². The number of rotatable bonds is 4. The van der Waals surface area contributed by atoms with E-state index in [2.05, 4.69) is 35.4 Å². The van der Waals surface area contributed by atoms with Gasteiger partial charge in [0.15, 0.2) is 0 Å². The Kier molecular flexibility index (Phi) is 4.75. The van der Waals surface area contributed by atoms with Gasteiger partial charge in [-0.2, -0.15) is 0 Å². The molecule has 1 unspecified atom stereocenters. The van der Waals surface area contributed by atoms with Crippen LogP contribution in [0.25, 0.3) is 0 Å². The van der Waals surface area contributed by atoms with Gasteiger partial charge in [0.1, 0.15) is 5.76 Å². The highest BCUT2D eigenvalue weighted by atomic mass is 32.2. The Morgan fingerprint density at radius 1 is 1.48 bits per heavy atom. The molecule has 120 valence electrons. The fourth-order valence-electron chi connectivity index (χ4n) is 2.52. The highest BCUT2D eigenvalue weighted by molar-refractivity contribution is 7.88. The molecule has 1 aliphatic heterocycles. The lowest BCUT2D eigenvalue weighted by molar-refractivity contribution is 0.176. The van der Waals surface area contributed by atoms with E-state index in [1.165, 1.54) is 6.26 Å². The second-order valence-electron chi connectivity index (χ2n) is 6.83. The second-order valence-corrected chi connectivity index (χ2v) is 8.61. The standard InChI is InChI=1S/C14H25N3O3S/c1-14(2,3)12-8-15-13(20-12)10-17-7-5-6-11(9-17)16-21(4,18)19/h8,11,16H,5-7,9-10H2,1-4H3. The van der Waals surface area contributed by atoms with Crippen LogP contribution >= 0.6 is 0 Å². The van der Waals surface area contributed by atoms with Crippen molar-refractivity contribution < 1.29 is 12.8 Å². The van der Waals surface area contributed by atoms with Crippen molar-refractivity contribution in [1.82, 2.24) is 14.6 Å². The van der Waals surface area contributed by atoms with Crippen LogP contribution in [0.2, 0.25) is 0 Å². The van der Waals surface area contributed by atoms with Gasteiger partial charge >= 0.3 is 0 Å². The van der Waals surface area contributed by atoms with Crippen LogP contribution in [0, 0.1) is 0 Å². The molecule has 1 aliphatic rings. The van der Waals surface area contributed by atoms with Crippen LogP contribution in [-0.4, -0.2) is 43.7 Å². The van der Waals surface area contributed by atoms with Crippen molar-refractivity contribution in [3.05, 3.63) is 17.8 Å². The third-order valence-electron chi connectivity index (χ3n) is 3.54. The Balaban J connectivity index is 1.95. The number of aromatic nitrogens is 1. The molecule has 6 nitrogen and oxygen atoms in total. The molecule has 1 saturated heterocycles. The summed E-state index contributed by atoms with van der Waals surface area (Å²) in [5.74, 6) is 1.57. The fraction of sp³-hybridized carbons (Fsp3) is 0.786. The van der Waals surface area contributed by atoms with E-state index in [-0.39, 0.29) is 11.5 Å². The summed E-state index contributed by atoms with van der Waals surface area (Å²) in [4.78, 5) is 6.51. The van der Waals surface area contributed by atoms with Crippen molar-refractivity contribution in [3.63, 3.8) is 0 Å². The molecule has 1 aromatic heterocycles. The van der Waals surface area contributed by atoms with E-state index in [4.69, 9.17) is 4.42 Å². The average Bonchev–Trinajstić information content (AvgIpc) is 2.75. The number of nitrogens with zero attached hydrogens (tertiary/aromatic N) is 2. The highest BCUT2D eigenvalue weighted by Gasteiger charge is 2.24. The third-order valence-corrected chi connectivity index (χ3v) is 4.30. The number of oxazole rings is 1. The topological polar surface area (TPSA) is 75.4 Å². The van der Waals surface area contributed by atoms with E-state index in [0.717, 1.165) is 25.1 Å². The summed E-state index contributed by atoms with van der Waals surface area (Å²) in [7, 11) is -3.15. The SMILES string of the molecule is CC(C)(C)c1cnc(CN2CCCC(NS(C)(=O)=O)C2)o1. The monoisotopic (exact) mass is 315 g/mol. The first-order valence-electron chi connectivity index (χ1n) is 7.28. The molecule has 0 spiro atoms. The highest BCUT2D eigenvalue weighted by Crippen LogP contribution is 2.23. The fourth-order valence-corrected chi connectivity index (χ4v) is 3.32. The minimum Gasteiger partial charge on any atom is -0.444 e. The van der Waals surface area contributed by atoms with Crippen molar-refractivity contribution in [2.24, 2.45) is 0 Å². The molecule has 0 radical (unpaired) electrons. The molecule has 21 heavy (non-hydrogen) atoms. The van der Waals surface area contributed by atoms with Crippen LogP contribution in [0.3, 0.4) is 0 Å². The Bertz CT molecular complexity index is 575. The summed E-state index contributed by atoms with van der Waals surface area (Å²) in [6.07, 6.45) is 4.84. The Morgan fingerprint density at radius 2 is 2.19 bits per heavy atom. The lowest BCUT2D eigenvalue weighted by Gasteiger charge is -2.31. The van der Waals surface area contributed by atoms with Crippen LogP contribution in [0.15, 0.2) is 10.6 Å². The van der Waals surface area contributed by atoms with Crippen LogP contribution in [0.4, 0.5) is 0 Å². The molecule has 0 bridgehead atoms. The van der Waals surface area contributed by atoms with Gasteiger partial charge in [-0.25, -0.2) is 18.1 Å². The Labute approximate surface area is 127 Å². The van der Waals surface area contributed by atoms with Crippen molar-refractivity contribution in [2.75, 3.05) is 19.3 Å². The normalized spacial score (nSPS) is 21.6. The van der Waals surface area contributed by atoms with E-state index in [9.17, 15) is 8.42 Å². The summed E-state index contributed by atoms with van der Waals surface area (Å²) < 4.78 is 31.1. The van der Waals surface area contributed by atoms with Gasteiger partial charge < -0.3 is 4.42 Å². The number of piperidine rings is 1. The van der Waals surface area contributed by atoms with Gasteiger partial charge in [0.05, 0.1) is 19.0 Å². The molecular weight excluding hydrogens is 290 g/mol. The number of sulfonamides is 1. The summed E-state index contributed by atoms with van der Waals surface area (Å²) in [6.45, 7) is 8.52. The molecule has 0 aliphatic carbocycles. The van der Waals surface area contributed by atoms with Crippen LogP contribution in [-0.2, 0) is 22.0 Å². The number of hydrogen-bond donors (Lipinski definition) is 1. The summed E-state index contributed by atoms with van der Waals surface area (Å²) in [5, 5.41) is 0. The quantitative estimate of drug-likeness (QED) is 0.911. The number of hydrogen-bond acceptors (Lipinski definition) is 5. The summed E-state index contributed by atoms with van der Waals surface area (Å²) in [5.41, 5.74) is -0.0481. The van der Waals surface area contributed by atoms with Gasteiger partial charge in [0.2, 0.25) is 15.9 Å². The van der Waals surface area contributed by atoms with Crippen molar-refractivity contribution in [2.45, 2.75) is 51.6 Å². The minimum atomic E-state index is -3.15. The molecule has 0 aromatic carbocycles. The second kappa shape index (κ2) is 6.06. The zero-order chi connectivity index (χ0) is 15.7. The molecule has 1 atom stereocenters. The van der Waals surface area contributed by atoms with Gasteiger partial charge in [-0.15, -0.1) is 0 Å². The maximum absolute atomic E-state index is 11.3. The predicted octanol–water partition coefficient (Wildman–Crippen LogP) is 1.49. The Hall–Kier alpha value is -0.920. The molecule has 1 N–H and O–H groups in total. The number of likely N-dealkylation sites (tertiary alicyclic amines) is 1. The van der Waals surface area contributed by atoms with Crippen LogP contribution in [0.1, 0.15) is 45.3 Å². The van der Waals surface area contributed by atoms with Crippen LogP contribution in [0.5, 0.6) is 0 Å². The molecule has 1 aromatic rings. The molecule has 7 heteroatoms. The van der Waals surface area contributed by atoms with Gasteiger partial charge in [-0.3, -0.25) is 4.90 Å². The number of nitrogens with one attached hydrogen (secondary N) is 1. The van der Waals surface area contributed by atoms with E-state index in [1.54, 1.807) is 6.20 Å². The van der Waals surface area contributed by atoms with Gasteiger partial charge in [-0.1, -0.05) is 20.8 Å². The molecule has 1 fully saturated rings. The maximum Gasteiger partial charge on any atom is 0.208 e. The van der Waals surface area contributed by atoms with Crippen molar-refractivity contribution in [1.29, 1.82) is 0 Å². The van der Waals surface area contributed by atoms with E-state index in [0.29, 0.717) is 19.0 Å². The molecular formula is C14H25N3O3S. The molecule has 0 saturated carbocycles. The van der Waals surface area contributed by atoms with E-state index in [1.807, 2.05) is 0 Å². The van der Waals surface area contributed by atoms with E-state index >= 15 is 0 Å². The zero-order valence-corrected chi connectivity index (χ0v) is 14.0. The zero-order valence-electron chi connectivity index (χ0n) is 13.2. The third kappa shape index (κ3) is 5.09. The summed E-state index contributed by atoms with van der Waals surface area (Å²) >= 11 is 0. The summed E-state index contributed by atoms with van der Waals surface area (Å²) in [6, 6.07) is -0.0224. The lowest BCUT2D eigenvalue weighted by atomic mass is 9.94. The van der Waals surface area contributed by atoms with Gasteiger partial charge in [0.25, 0.3) is 0 Å². The maximum atomic E-state index is 11.3. The lowest BCUT2D eigenvalue weighted by Crippen LogP contribution is -2.47. The van der Waals surface area contributed by atoms with Gasteiger partial charge in [-0.05, 0) is 19.4 Å². The first kappa shape index (κ1) is 16.5. The predicted molar refractivity (Wildman–Crippen MR) is 81.5 cm³/mol. The first-order chi connectivity index (χ1) is 9.63. The minimum absolute atomic E-state index is 0.0224. The average molecular weight is 315 g/mol. The Morgan fingerprint density at radius 3 is 2.76 bits per heavy atom. The first-order valence-corrected chi connectivity index (χ1v) is 9.17. The largest absolute Gasteiger partial charge is 0.444 e. The molecule has 2 rings (SSSR count). The van der Waals surface area contributed by atoms with Crippen LogP contribution < -0.4 is 4.72 Å². The molecule has 2 heterocycles. The van der Waals surface area contributed by atoms with Gasteiger partial charge in [0, 0.05) is 18.0 Å². The van der Waals surface area contributed by atoms with Crippen molar-refractivity contribution in [3.8, 4) is 0 Å². The molecule has 0 amide bonds. The smallest absolute Gasteiger partial charge is 0.208 e.